The number of carboxylic acids is 1. The predicted molar refractivity (Wildman–Crippen MR) is 126 cm³/mol. The van der Waals surface area contributed by atoms with Gasteiger partial charge in [-0.1, -0.05) is 48.5 Å². The molecule has 0 bridgehead atoms. The van der Waals surface area contributed by atoms with Crippen molar-refractivity contribution in [3.05, 3.63) is 87.8 Å². The number of aromatic nitrogens is 2. The van der Waals surface area contributed by atoms with Crippen molar-refractivity contribution in [2.24, 2.45) is 0 Å². The summed E-state index contributed by atoms with van der Waals surface area (Å²) in [5.41, 5.74) is 4.30. The normalized spacial score (nSPS) is 12.8. The highest BCUT2D eigenvalue weighted by Gasteiger charge is 2.30. The van der Waals surface area contributed by atoms with Gasteiger partial charge in [0.1, 0.15) is 12.6 Å². The number of rotatable bonds is 9. The molecule has 1 heterocycles. The molecule has 0 saturated heterocycles. The van der Waals surface area contributed by atoms with Crippen molar-refractivity contribution in [1.29, 1.82) is 0 Å². The molecule has 1 aromatic heterocycles. The van der Waals surface area contributed by atoms with E-state index in [0.717, 1.165) is 22.3 Å². The summed E-state index contributed by atoms with van der Waals surface area (Å²) in [7, 11) is 0. The Morgan fingerprint density at radius 1 is 1.00 bits per heavy atom. The summed E-state index contributed by atoms with van der Waals surface area (Å²) in [6.07, 6.45) is -1.26. The van der Waals surface area contributed by atoms with Crippen LogP contribution in [0.1, 0.15) is 35.6 Å². The number of H-pyrrole nitrogens is 1. The Hall–Kier alpha value is -4.47. The minimum absolute atomic E-state index is 0.00838. The van der Waals surface area contributed by atoms with Crippen molar-refractivity contribution in [2.45, 2.75) is 31.3 Å². The molecule has 10 nitrogen and oxygen atoms in total. The highest BCUT2D eigenvalue weighted by Crippen LogP contribution is 2.44. The summed E-state index contributed by atoms with van der Waals surface area (Å²) in [5, 5.41) is 20.1. The third-order valence-electron chi connectivity index (χ3n) is 5.78. The minimum Gasteiger partial charge on any atom is -0.481 e. The van der Waals surface area contributed by atoms with Gasteiger partial charge in [-0.05, 0) is 34.7 Å². The lowest BCUT2D eigenvalue weighted by molar-refractivity contribution is -0.137. The second-order valence-electron chi connectivity index (χ2n) is 8.09. The molecule has 1 aliphatic carbocycles. The molecule has 35 heavy (non-hydrogen) atoms. The van der Waals surface area contributed by atoms with Crippen molar-refractivity contribution < 1.29 is 24.2 Å². The summed E-state index contributed by atoms with van der Waals surface area (Å²) in [5.74, 6) is -1.84. The Balaban J connectivity index is 1.39. The molecule has 10 heteroatoms. The van der Waals surface area contributed by atoms with Gasteiger partial charge in [0.15, 0.2) is 0 Å². The predicted octanol–water partition coefficient (Wildman–Crippen LogP) is 2.16. The van der Waals surface area contributed by atoms with E-state index in [9.17, 15) is 19.2 Å². The number of carbonyl (C=O) groups is 3. The molecular formula is C25H24N4O6. The Morgan fingerprint density at radius 3 is 2.26 bits per heavy atom. The Kier molecular flexibility index (Phi) is 7.20. The lowest BCUT2D eigenvalue weighted by atomic mass is 9.98. The fraction of sp³-hybridized carbons (Fsp3) is 0.240. The lowest BCUT2D eigenvalue weighted by Gasteiger charge is -2.19. The van der Waals surface area contributed by atoms with E-state index in [1.807, 2.05) is 48.5 Å². The minimum atomic E-state index is -1.12. The molecule has 1 aliphatic rings. The van der Waals surface area contributed by atoms with Gasteiger partial charge < -0.3 is 20.5 Å². The summed E-state index contributed by atoms with van der Waals surface area (Å²) in [6, 6.07) is 17.4. The first-order valence-corrected chi connectivity index (χ1v) is 11.1. The molecule has 1 unspecified atom stereocenters. The average Bonchev–Trinajstić information content (AvgIpc) is 3.18. The van der Waals surface area contributed by atoms with Crippen molar-refractivity contribution in [2.75, 3.05) is 6.61 Å². The topological polar surface area (TPSA) is 150 Å². The Labute approximate surface area is 200 Å². The number of carboxylic acid groups (broad SMARTS) is 1. The van der Waals surface area contributed by atoms with Crippen LogP contribution in [-0.2, 0) is 20.9 Å². The highest BCUT2D eigenvalue weighted by atomic mass is 16.5. The van der Waals surface area contributed by atoms with E-state index >= 15 is 0 Å². The van der Waals surface area contributed by atoms with Crippen LogP contribution in [0.4, 0.5) is 4.79 Å². The molecule has 4 rings (SSSR count). The van der Waals surface area contributed by atoms with Crippen LogP contribution in [0.15, 0.2) is 65.5 Å². The van der Waals surface area contributed by atoms with E-state index in [4.69, 9.17) is 9.84 Å². The molecule has 2 amide bonds. The molecule has 3 aromatic rings. The average molecular weight is 476 g/mol. The quantitative estimate of drug-likeness (QED) is 0.369. The first-order valence-electron chi connectivity index (χ1n) is 11.1. The number of nitrogens with zero attached hydrogens (tertiary/aromatic N) is 1. The van der Waals surface area contributed by atoms with Crippen LogP contribution in [0.2, 0.25) is 0 Å². The van der Waals surface area contributed by atoms with Gasteiger partial charge in [0.2, 0.25) is 5.91 Å². The van der Waals surface area contributed by atoms with E-state index in [0.29, 0.717) is 5.69 Å². The third kappa shape index (κ3) is 5.72. The van der Waals surface area contributed by atoms with Crippen LogP contribution in [0.3, 0.4) is 0 Å². The zero-order chi connectivity index (χ0) is 24.8. The number of benzene rings is 2. The number of nitrogens with one attached hydrogen (secondary N) is 3. The van der Waals surface area contributed by atoms with E-state index in [1.54, 1.807) is 0 Å². The van der Waals surface area contributed by atoms with Crippen LogP contribution in [0.25, 0.3) is 11.1 Å². The van der Waals surface area contributed by atoms with E-state index in [1.165, 1.54) is 12.1 Å². The maximum Gasteiger partial charge on any atom is 0.407 e. The number of aliphatic carboxylic acids is 1. The number of ether oxygens (including phenoxy) is 1. The molecule has 0 aliphatic heterocycles. The van der Waals surface area contributed by atoms with Gasteiger partial charge in [-0.25, -0.2) is 9.89 Å². The number of fused-ring (bicyclic) bond motifs is 3. The maximum atomic E-state index is 12.6. The smallest absolute Gasteiger partial charge is 0.407 e. The fourth-order valence-corrected chi connectivity index (χ4v) is 4.09. The van der Waals surface area contributed by atoms with E-state index in [2.05, 4.69) is 20.8 Å². The molecule has 2 aromatic carbocycles. The van der Waals surface area contributed by atoms with Crippen molar-refractivity contribution in [3.63, 3.8) is 0 Å². The van der Waals surface area contributed by atoms with Crippen molar-refractivity contribution in [1.82, 2.24) is 20.8 Å². The molecule has 0 fully saturated rings. The largest absolute Gasteiger partial charge is 0.481 e. The van der Waals surface area contributed by atoms with Crippen LogP contribution in [0, 0.1) is 0 Å². The van der Waals surface area contributed by atoms with Crippen LogP contribution in [0.5, 0.6) is 0 Å². The molecule has 0 saturated carbocycles. The van der Waals surface area contributed by atoms with E-state index < -0.39 is 24.0 Å². The van der Waals surface area contributed by atoms with Gasteiger partial charge in [0, 0.05) is 18.4 Å². The van der Waals surface area contributed by atoms with Crippen LogP contribution in [-0.4, -0.2) is 45.9 Å². The standard InChI is InChI=1S/C25H24N4O6/c30-22-11-9-15(28-29-22)13-26-24(33)21(10-12-23(31)32)27-25(34)35-14-20-18-7-3-1-5-16(18)17-6-2-4-8-19(17)20/h1-9,11,20-21H,10,12-14H2,(H,26,33)(H,27,34)(H,29,30)(H,31,32). The van der Waals surface area contributed by atoms with Gasteiger partial charge in [0.25, 0.3) is 5.56 Å². The Bertz CT molecular complexity index is 1240. The number of carbonyl (C=O) groups excluding carboxylic acids is 2. The third-order valence-corrected chi connectivity index (χ3v) is 5.78. The zero-order valence-corrected chi connectivity index (χ0v) is 18.7. The monoisotopic (exact) mass is 476 g/mol. The van der Waals surface area contributed by atoms with Gasteiger partial charge in [-0.15, -0.1) is 0 Å². The van der Waals surface area contributed by atoms with Gasteiger partial charge >= 0.3 is 12.1 Å². The molecule has 4 N–H and O–H groups in total. The fourth-order valence-electron chi connectivity index (χ4n) is 4.09. The molecule has 0 spiro atoms. The summed E-state index contributed by atoms with van der Waals surface area (Å²) >= 11 is 0. The molecule has 180 valence electrons. The number of hydrogen-bond donors (Lipinski definition) is 4. The van der Waals surface area contributed by atoms with E-state index in [-0.39, 0.29) is 37.5 Å². The highest BCUT2D eigenvalue weighted by molar-refractivity contribution is 5.86. The summed E-state index contributed by atoms with van der Waals surface area (Å²) in [4.78, 5) is 47.4. The van der Waals surface area contributed by atoms with Crippen molar-refractivity contribution >= 4 is 18.0 Å². The second-order valence-corrected chi connectivity index (χ2v) is 8.09. The molecule has 0 radical (unpaired) electrons. The van der Waals surface area contributed by atoms with Gasteiger partial charge in [0.05, 0.1) is 12.2 Å². The first kappa shape index (κ1) is 23.7. The molecular weight excluding hydrogens is 452 g/mol. The summed E-state index contributed by atoms with van der Waals surface area (Å²) < 4.78 is 5.47. The second kappa shape index (κ2) is 10.6. The van der Waals surface area contributed by atoms with Crippen LogP contribution < -0.4 is 16.2 Å². The lowest BCUT2D eigenvalue weighted by Crippen LogP contribution is -2.47. The van der Waals surface area contributed by atoms with Gasteiger partial charge in [-0.3, -0.25) is 14.4 Å². The number of hydrogen-bond acceptors (Lipinski definition) is 6. The number of amides is 2. The zero-order valence-electron chi connectivity index (χ0n) is 18.7. The SMILES string of the molecule is O=C(O)CCC(NC(=O)OCC1c2ccccc2-c2ccccc21)C(=O)NCc1ccc(=O)[nH]n1. The number of aromatic amines is 1. The van der Waals surface area contributed by atoms with Gasteiger partial charge in [-0.2, -0.15) is 5.10 Å². The van der Waals surface area contributed by atoms with Crippen LogP contribution >= 0.6 is 0 Å². The van der Waals surface area contributed by atoms with Crippen molar-refractivity contribution in [3.8, 4) is 11.1 Å². The Morgan fingerprint density at radius 2 is 1.66 bits per heavy atom. The number of alkyl carbamates (subject to hydrolysis) is 1. The summed E-state index contributed by atoms with van der Waals surface area (Å²) in [6.45, 7) is 0.0555. The maximum absolute atomic E-state index is 12.6. The first-order chi connectivity index (χ1) is 16.9. The molecule has 1 atom stereocenters.